The summed E-state index contributed by atoms with van der Waals surface area (Å²) in [4.78, 5) is 19.1. The van der Waals surface area contributed by atoms with Gasteiger partial charge in [0.25, 0.3) is 0 Å². The normalized spacial score (nSPS) is 8.29. The number of hydrogen-bond donors (Lipinski definition) is 2. The van der Waals surface area contributed by atoms with E-state index < -0.39 is 11.9 Å². The Bertz CT molecular complexity index is 679. The van der Waals surface area contributed by atoms with Crippen LogP contribution in [0.3, 0.4) is 0 Å². The van der Waals surface area contributed by atoms with E-state index >= 15 is 0 Å². The Kier molecular flexibility index (Phi) is 18.2. The molecule has 0 amide bonds. The van der Waals surface area contributed by atoms with E-state index in [2.05, 4.69) is 26.3 Å². The van der Waals surface area contributed by atoms with Crippen molar-refractivity contribution in [3.8, 4) is 0 Å². The van der Waals surface area contributed by atoms with Gasteiger partial charge >= 0.3 is 11.9 Å². The fourth-order valence-corrected chi connectivity index (χ4v) is 1.32. The highest BCUT2D eigenvalue weighted by molar-refractivity contribution is 5.89. The average molecular weight is 378 g/mol. The Labute approximate surface area is 166 Å². The maximum atomic E-state index is 9.55. The number of hydrogen-bond acceptors (Lipinski definition) is 2. The molecule has 0 heterocycles. The lowest BCUT2D eigenvalue weighted by Gasteiger charge is -1.85. The van der Waals surface area contributed by atoms with Gasteiger partial charge in [-0.1, -0.05) is 111 Å². The van der Waals surface area contributed by atoms with Crippen LogP contribution in [0.15, 0.2) is 111 Å². The predicted molar refractivity (Wildman–Crippen MR) is 118 cm³/mol. The monoisotopic (exact) mass is 378 g/mol. The van der Waals surface area contributed by atoms with Gasteiger partial charge in [-0.3, -0.25) is 0 Å². The third kappa shape index (κ3) is 20.1. The summed E-state index contributed by atoms with van der Waals surface area (Å²) in [6.45, 7) is 14.0. The summed E-state index contributed by atoms with van der Waals surface area (Å²) in [5, 5.41) is 15.6. The molecule has 0 spiro atoms. The Hall–Kier alpha value is -3.92. The quantitative estimate of drug-likeness (QED) is 0.515. The molecular weight excluding hydrogens is 352 g/mol. The number of rotatable bonds is 5. The number of benzene rings is 2. The zero-order chi connectivity index (χ0) is 21.6. The van der Waals surface area contributed by atoms with Gasteiger partial charge < -0.3 is 10.2 Å². The van der Waals surface area contributed by atoms with Crippen LogP contribution in [0.5, 0.6) is 0 Å². The molecule has 0 unspecified atom stereocenters. The SMILES string of the molecule is C=CC=C.C=Cc1ccccc1.C=Cc1ccccc1.O=C(O)C=CC(=O)O. The van der Waals surface area contributed by atoms with E-state index in [9.17, 15) is 9.59 Å². The van der Waals surface area contributed by atoms with Crippen LogP contribution in [0.25, 0.3) is 12.2 Å². The van der Waals surface area contributed by atoms with E-state index in [-0.39, 0.29) is 0 Å². The molecule has 4 heteroatoms. The van der Waals surface area contributed by atoms with E-state index in [0.29, 0.717) is 12.2 Å². The molecule has 0 atom stereocenters. The molecule has 2 aromatic rings. The lowest BCUT2D eigenvalue weighted by molar-refractivity contribution is -0.134. The number of carbonyl (C=O) groups is 2. The van der Waals surface area contributed by atoms with Gasteiger partial charge in [0.2, 0.25) is 0 Å². The molecule has 2 N–H and O–H groups in total. The Morgan fingerprint density at radius 3 is 1.04 bits per heavy atom. The third-order valence-corrected chi connectivity index (χ3v) is 2.61. The molecule has 0 aliphatic carbocycles. The predicted octanol–water partition coefficient (Wildman–Crippen LogP) is 5.73. The van der Waals surface area contributed by atoms with Crippen molar-refractivity contribution in [3.63, 3.8) is 0 Å². The van der Waals surface area contributed by atoms with Crippen LogP contribution in [-0.2, 0) is 9.59 Å². The lowest BCUT2D eigenvalue weighted by atomic mass is 10.2. The van der Waals surface area contributed by atoms with Crippen LogP contribution in [0, 0.1) is 0 Å². The highest BCUT2D eigenvalue weighted by atomic mass is 16.4. The molecule has 146 valence electrons. The number of allylic oxidation sites excluding steroid dienone is 2. The van der Waals surface area contributed by atoms with E-state index in [1.807, 2.05) is 72.8 Å². The van der Waals surface area contributed by atoms with E-state index in [0.717, 1.165) is 0 Å². The number of carboxylic acid groups (broad SMARTS) is 2. The second-order valence-electron chi connectivity index (χ2n) is 4.71. The number of carboxylic acids is 2. The van der Waals surface area contributed by atoms with Crippen LogP contribution in [0.2, 0.25) is 0 Å². The first-order valence-electron chi connectivity index (χ1n) is 8.13. The van der Waals surface area contributed by atoms with E-state index in [4.69, 9.17) is 10.2 Å². The van der Waals surface area contributed by atoms with Gasteiger partial charge in [0.05, 0.1) is 0 Å². The second-order valence-corrected chi connectivity index (χ2v) is 4.71. The fraction of sp³-hybridized carbons (Fsp3) is 0. The first kappa shape index (κ1) is 26.3. The molecule has 2 aromatic carbocycles. The van der Waals surface area contributed by atoms with Gasteiger partial charge in [-0.2, -0.15) is 0 Å². The Morgan fingerprint density at radius 1 is 0.607 bits per heavy atom. The van der Waals surface area contributed by atoms with Gasteiger partial charge in [-0.15, -0.1) is 0 Å². The van der Waals surface area contributed by atoms with Crippen molar-refractivity contribution in [2.24, 2.45) is 0 Å². The van der Waals surface area contributed by atoms with Gasteiger partial charge in [-0.25, -0.2) is 9.59 Å². The minimum Gasteiger partial charge on any atom is -0.478 e. The zero-order valence-corrected chi connectivity index (χ0v) is 15.8. The maximum absolute atomic E-state index is 9.55. The van der Waals surface area contributed by atoms with E-state index in [1.165, 1.54) is 11.1 Å². The Balaban J connectivity index is 0. The highest BCUT2D eigenvalue weighted by Crippen LogP contribution is 1.98. The van der Waals surface area contributed by atoms with Crippen molar-refractivity contribution in [1.29, 1.82) is 0 Å². The molecule has 0 aliphatic rings. The van der Waals surface area contributed by atoms with Gasteiger partial charge in [0.15, 0.2) is 0 Å². The van der Waals surface area contributed by atoms with Crippen molar-refractivity contribution in [2.45, 2.75) is 0 Å². The molecule has 28 heavy (non-hydrogen) atoms. The molecule has 2 rings (SSSR count). The maximum Gasteiger partial charge on any atom is 0.328 e. The largest absolute Gasteiger partial charge is 0.478 e. The van der Waals surface area contributed by atoms with Gasteiger partial charge in [-0.05, 0) is 11.1 Å². The standard InChI is InChI=1S/2C8H8.C4H4O4.C4H6/c2*1-2-8-6-4-3-5-7-8;5-3(6)1-2-4(7)8;1-3-4-2/h2*2-7H,1H2;1-2H,(H,5,6)(H,7,8);3-4H,1-2H2. The molecule has 0 aliphatic heterocycles. The van der Waals surface area contributed by atoms with Crippen molar-refractivity contribution >= 4 is 24.1 Å². The van der Waals surface area contributed by atoms with Crippen LogP contribution >= 0.6 is 0 Å². The second kappa shape index (κ2) is 19.4. The van der Waals surface area contributed by atoms with Crippen molar-refractivity contribution in [2.75, 3.05) is 0 Å². The fourth-order valence-electron chi connectivity index (χ4n) is 1.32. The molecule has 0 fully saturated rings. The summed E-state index contributed by atoms with van der Waals surface area (Å²) < 4.78 is 0. The summed E-state index contributed by atoms with van der Waals surface area (Å²) in [6.07, 6.45) is 8.06. The summed E-state index contributed by atoms with van der Waals surface area (Å²) >= 11 is 0. The minimum absolute atomic E-state index is 0.558. The molecule has 0 saturated heterocycles. The van der Waals surface area contributed by atoms with Gasteiger partial charge in [0, 0.05) is 12.2 Å². The smallest absolute Gasteiger partial charge is 0.328 e. The van der Waals surface area contributed by atoms with E-state index in [1.54, 1.807) is 12.2 Å². The van der Waals surface area contributed by atoms with Crippen molar-refractivity contribution in [1.82, 2.24) is 0 Å². The highest BCUT2D eigenvalue weighted by Gasteiger charge is 1.88. The lowest BCUT2D eigenvalue weighted by Crippen LogP contribution is -1.91. The molecule has 0 bridgehead atoms. The summed E-state index contributed by atoms with van der Waals surface area (Å²) in [5.74, 6) is -2.51. The summed E-state index contributed by atoms with van der Waals surface area (Å²) in [6, 6.07) is 20.1. The topological polar surface area (TPSA) is 74.6 Å². The molecule has 4 nitrogen and oxygen atoms in total. The first-order chi connectivity index (χ1) is 13.4. The summed E-state index contributed by atoms with van der Waals surface area (Å²) in [7, 11) is 0. The first-order valence-corrected chi connectivity index (χ1v) is 8.13. The molecule has 0 saturated carbocycles. The van der Waals surface area contributed by atoms with Crippen LogP contribution in [0.4, 0.5) is 0 Å². The average Bonchev–Trinajstić information content (AvgIpc) is 2.74. The zero-order valence-electron chi connectivity index (χ0n) is 15.8. The van der Waals surface area contributed by atoms with Crippen molar-refractivity contribution < 1.29 is 19.8 Å². The third-order valence-electron chi connectivity index (χ3n) is 2.61. The Morgan fingerprint density at radius 2 is 0.893 bits per heavy atom. The van der Waals surface area contributed by atoms with Crippen molar-refractivity contribution in [3.05, 3.63) is 122 Å². The van der Waals surface area contributed by atoms with Crippen LogP contribution in [0.1, 0.15) is 11.1 Å². The van der Waals surface area contributed by atoms with Crippen LogP contribution < -0.4 is 0 Å². The molecule has 0 aromatic heterocycles. The molecular formula is C24H26O4. The van der Waals surface area contributed by atoms with Crippen LogP contribution in [-0.4, -0.2) is 22.2 Å². The summed E-state index contributed by atoms with van der Waals surface area (Å²) in [5.41, 5.74) is 2.35. The number of aliphatic carboxylic acids is 2. The minimum atomic E-state index is -1.26. The van der Waals surface area contributed by atoms with Gasteiger partial charge in [0.1, 0.15) is 0 Å². The molecule has 0 radical (unpaired) electrons.